The summed E-state index contributed by atoms with van der Waals surface area (Å²) in [6.07, 6.45) is 0.240. The number of amides is 3. The number of fused-ring (bicyclic) bond motifs is 1. The number of benzene rings is 1. The highest BCUT2D eigenvalue weighted by atomic mass is 16.5. The quantitative estimate of drug-likeness (QED) is 0.789. The van der Waals surface area contributed by atoms with Crippen LogP contribution < -0.4 is 10.1 Å². The van der Waals surface area contributed by atoms with E-state index in [0.717, 1.165) is 16.9 Å². The first-order valence-electron chi connectivity index (χ1n) is 9.36. The summed E-state index contributed by atoms with van der Waals surface area (Å²) in [5.74, 6) is -1.15. The number of ether oxygens (including phenoxy) is 2. The number of imide groups is 1. The van der Waals surface area contributed by atoms with Crippen molar-refractivity contribution in [2.75, 3.05) is 27.3 Å². The minimum Gasteiger partial charge on any atom is -0.497 e. The van der Waals surface area contributed by atoms with Gasteiger partial charge in [0, 0.05) is 19.5 Å². The average molecular weight is 385 g/mol. The van der Waals surface area contributed by atoms with Gasteiger partial charge in [-0.3, -0.25) is 9.69 Å². The van der Waals surface area contributed by atoms with Gasteiger partial charge in [0.1, 0.15) is 18.5 Å². The summed E-state index contributed by atoms with van der Waals surface area (Å²) in [4.78, 5) is 41.2. The second-order valence-corrected chi connectivity index (χ2v) is 7.21. The first-order valence-corrected chi connectivity index (χ1v) is 9.36. The van der Waals surface area contributed by atoms with Gasteiger partial charge in [-0.25, -0.2) is 9.59 Å². The van der Waals surface area contributed by atoms with Gasteiger partial charge in [0.15, 0.2) is 0 Å². The number of nitrogens with one attached hydrogen (secondary N) is 1. The minimum absolute atomic E-state index is 0.127. The molecule has 3 aliphatic rings. The van der Waals surface area contributed by atoms with Crippen molar-refractivity contribution in [2.45, 2.75) is 25.4 Å². The number of hydrogen-bond acceptors (Lipinski definition) is 6. The highest BCUT2D eigenvalue weighted by molar-refractivity contribution is 6.02. The predicted octanol–water partition coefficient (Wildman–Crippen LogP) is 1.44. The summed E-state index contributed by atoms with van der Waals surface area (Å²) < 4.78 is 10.5. The molecular weight excluding hydrogens is 362 g/mol. The van der Waals surface area contributed by atoms with Crippen LogP contribution in [0.2, 0.25) is 0 Å². The second kappa shape index (κ2) is 6.85. The smallest absolute Gasteiger partial charge is 0.336 e. The Labute approximate surface area is 163 Å². The number of nitrogens with zero attached hydrogens (tertiary/aromatic N) is 2. The standard InChI is InChI=1S/C20H23N3O5/c1-4-9-23-17-16(18(24)22(2)20(23)26)14(11-5-7-12(27-3)8-6-11)15-13(21-17)10-28-19(15)25/h5-8,14,16-17,21H,4,9-10H2,1-3H3. The third-order valence-electron chi connectivity index (χ3n) is 5.65. The molecular formula is C20H23N3O5. The van der Waals surface area contributed by atoms with Crippen LogP contribution in [0.5, 0.6) is 5.75 Å². The van der Waals surface area contributed by atoms with Gasteiger partial charge in [0.05, 0.1) is 24.3 Å². The Bertz CT molecular complexity index is 863. The second-order valence-electron chi connectivity index (χ2n) is 7.21. The molecule has 3 unspecified atom stereocenters. The van der Waals surface area contributed by atoms with E-state index in [1.54, 1.807) is 24.1 Å². The van der Waals surface area contributed by atoms with Crippen LogP contribution in [-0.4, -0.2) is 61.2 Å². The highest BCUT2D eigenvalue weighted by Crippen LogP contribution is 2.45. The molecule has 3 amide bonds. The molecule has 3 atom stereocenters. The molecule has 0 spiro atoms. The SMILES string of the molecule is CCCN1C(=O)N(C)C(=O)C2C(c3ccc(OC)cc3)C3=C(COC3=O)NC21. The van der Waals surface area contributed by atoms with Crippen LogP contribution in [0.25, 0.3) is 0 Å². The number of esters is 1. The number of rotatable bonds is 4. The third-order valence-corrected chi connectivity index (χ3v) is 5.65. The molecule has 148 valence electrons. The van der Waals surface area contributed by atoms with Crippen LogP contribution in [0.15, 0.2) is 35.5 Å². The van der Waals surface area contributed by atoms with Gasteiger partial charge in [0.25, 0.3) is 0 Å². The van der Waals surface area contributed by atoms with Crippen LogP contribution >= 0.6 is 0 Å². The lowest BCUT2D eigenvalue weighted by molar-refractivity contribution is -0.140. The largest absolute Gasteiger partial charge is 0.497 e. The molecule has 4 rings (SSSR count). The van der Waals surface area contributed by atoms with Crippen molar-refractivity contribution in [1.82, 2.24) is 15.1 Å². The Morgan fingerprint density at radius 3 is 2.57 bits per heavy atom. The van der Waals surface area contributed by atoms with E-state index in [2.05, 4.69) is 5.32 Å². The minimum atomic E-state index is -0.618. The Kier molecular flexibility index (Phi) is 4.49. The van der Waals surface area contributed by atoms with E-state index in [1.807, 2.05) is 19.1 Å². The van der Waals surface area contributed by atoms with E-state index in [0.29, 0.717) is 23.6 Å². The molecule has 0 bridgehead atoms. The molecule has 8 nitrogen and oxygen atoms in total. The average Bonchev–Trinajstić information content (AvgIpc) is 3.09. The zero-order valence-electron chi connectivity index (χ0n) is 16.1. The van der Waals surface area contributed by atoms with Gasteiger partial charge >= 0.3 is 12.0 Å². The Hall–Kier alpha value is -3.03. The predicted molar refractivity (Wildman–Crippen MR) is 99.3 cm³/mol. The van der Waals surface area contributed by atoms with E-state index in [-0.39, 0.29) is 18.5 Å². The van der Waals surface area contributed by atoms with E-state index < -0.39 is 24.0 Å². The van der Waals surface area contributed by atoms with Crippen LogP contribution in [-0.2, 0) is 14.3 Å². The molecule has 0 saturated carbocycles. The van der Waals surface area contributed by atoms with Crippen LogP contribution in [0.3, 0.4) is 0 Å². The van der Waals surface area contributed by atoms with Crippen molar-refractivity contribution in [3.63, 3.8) is 0 Å². The van der Waals surface area contributed by atoms with Crippen molar-refractivity contribution in [3.8, 4) is 5.75 Å². The van der Waals surface area contributed by atoms with Crippen molar-refractivity contribution >= 4 is 17.9 Å². The van der Waals surface area contributed by atoms with Crippen LogP contribution in [0, 0.1) is 5.92 Å². The van der Waals surface area contributed by atoms with Gasteiger partial charge in [-0.1, -0.05) is 19.1 Å². The molecule has 0 radical (unpaired) electrons. The molecule has 3 aliphatic heterocycles. The maximum absolute atomic E-state index is 13.2. The topological polar surface area (TPSA) is 88.2 Å². The molecule has 3 heterocycles. The lowest BCUT2D eigenvalue weighted by Gasteiger charge is -2.49. The lowest BCUT2D eigenvalue weighted by atomic mass is 9.74. The number of methoxy groups -OCH3 is 1. The molecule has 1 aromatic rings. The fourth-order valence-corrected chi connectivity index (χ4v) is 4.32. The molecule has 1 N–H and O–H groups in total. The summed E-state index contributed by atoms with van der Waals surface area (Å²) in [5, 5.41) is 3.25. The van der Waals surface area contributed by atoms with Crippen molar-refractivity contribution < 1.29 is 23.9 Å². The monoisotopic (exact) mass is 385 g/mol. The van der Waals surface area contributed by atoms with E-state index in [4.69, 9.17) is 9.47 Å². The fourth-order valence-electron chi connectivity index (χ4n) is 4.32. The molecule has 1 fully saturated rings. The van der Waals surface area contributed by atoms with Gasteiger partial charge in [-0.05, 0) is 24.1 Å². The molecule has 1 saturated heterocycles. The van der Waals surface area contributed by atoms with E-state index >= 15 is 0 Å². The van der Waals surface area contributed by atoms with Gasteiger partial charge < -0.3 is 19.7 Å². The maximum Gasteiger partial charge on any atom is 0.336 e. The van der Waals surface area contributed by atoms with E-state index in [1.165, 1.54) is 7.05 Å². The number of urea groups is 1. The van der Waals surface area contributed by atoms with Crippen molar-refractivity contribution in [2.24, 2.45) is 5.92 Å². The Morgan fingerprint density at radius 2 is 1.93 bits per heavy atom. The van der Waals surface area contributed by atoms with Gasteiger partial charge in [0.2, 0.25) is 5.91 Å². The van der Waals surface area contributed by atoms with Crippen molar-refractivity contribution in [3.05, 3.63) is 41.1 Å². The summed E-state index contributed by atoms with van der Waals surface area (Å²) >= 11 is 0. The fraction of sp³-hybridized carbons (Fsp3) is 0.450. The summed E-state index contributed by atoms with van der Waals surface area (Å²) in [7, 11) is 3.07. The van der Waals surface area contributed by atoms with E-state index in [9.17, 15) is 14.4 Å². The number of hydrogen-bond donors (Lipinski definition) is 1. The summed E-state index contributed by atoms with van der Waals surface area (Å²) in [5.41, 5.74) is 1.94. The van der Waals surface area contributed by atoms with Crippen molar-refractivity contribution in [1.29, 1.82) is 0 Å². The van der Waals surface area contributed by atoms with Crippen LogP contribution in [0.1, 0.15) is 24.8 Å². The third kappa shape index (κ3) is 2.63. The molecule has 0 aliphatic carbocycles. The number of carbonyl (C=O) groups is 3. The molecule has 1 aromatic carbocycles. The lowest BCUT2D eigenvalue weighted by Crippen LogP contribution is -2.67. The number of cyclic esters (lactones) is 1. The molecule has 0 aromatic heterocycles. The first-order chi connectivity index (χ1) is 13.5. The summed E-state index contributed by atoms with van der Waals surface area (Å²) in [6.45, 7) is 2.62. The summed E-state index contributed by atoms with van der Waals surface area (Å²) in [6, 6.07) is 6.99. The molecule has 28 heavy (non-hydrogen) atoms. The zero-order valence-corrected chi connectivity index (χ0v) is 16.1. The maximum atomic E-state index is 13.2. The Morgan fingerprint density at radius 1 is 1.21 bits per heavy atom. The first kappa shape index (κ1) is 18.3. The van der Waals surface area contributed by atoms with Crippen LogP contribution in [0.4, 0.5) is 4.79 Å². The zero-order chi connectivity index (χ0) is 20.0. The number of carbonyl (C=O) groups excluding carboxylic acids is 3. The Balaban J connectivity index is 1.85. The van der Waals surface area contributed by atoms with Gasteiger partial charge in [-0.15, -0.1) is 0 Å². The molecule has 8 heteroatoms. The highest BCUT2D eigenvalue weighted by Gasteiger charge is 2.55. The normalized spacial score (nSPS) is 26.7. The van der Waals surface area contributed by atoms with Gasteiger partial charge in [-0.2, -0.15) is 0 Å².